The highest BCUT2D eigenvalue weighted by Gasteiger charge is 2.15. The summed E-state index contributed by atoms with van der Waals surface area (Å²) < 4.78 is 0. The summed E-state index contributed by atoms with van der Waals surface area (Å²) in [5.74, 6) is -0.291. The Bertz CT molecular complexity index is 296. The van der Waals surface area contributed by atoms with Gasteiger partial charge in [0.05, 0.1) is 6.04 Å². The van der Waals surface area contributed by atoms with Crippen molar-refractivity contribution in [1.29, 1.82) is 0 Å². The number of unbranched alkanes of at least 4 members (excludes halogenated alkanes) is 2. The molecule has 19 heavy (non-hydrogen) atoms. The van der Waals surface area contributed by atoms with E-state index in [0.717, 1.165) is 19.3 Å². The molecule has 2 N–H and O–H groups in total. The molecule has 0 aromatic heterocycles. The molecule has 1 atom stereocenters. The summed E-state index contributed by atoms with van der Waals surface area (Å²) in [6, 6.07) is -0.532. The number of nitrogens with one attached hydrogen (secondary N) is 2. The first-order chi connectivity index (χ1) is 9.01. The lowest BCUT2D eigenvalue weighted by Gasteiger charge is -2.15. The molecule has 0 fully saturated rings. The van der Waals surface area contributed by atoms with Crippen LogP contribution in [0.2, 0.25) is 0 Å². The molecule has 0 aliphatic heterocycles. The van der Waals surface area contributed by atoms with E-state index < -0.39 is 6.04 Å². The van der Waals surface area contributed by atoms with Crippen molar-refractivity contribution in [3.63, 3.8) is 0 Å². The number of rotatable bonds is 10. The summed E-state index contributed by atoms with van der Waals surface area (Å²) in [4.78, 5) is 33.0. The van der Waals surface area contributed by atoms with Gasteiger partial charge in [0.2, 0.25) is 18.1 Å². The minimum atomic E-state index is -0.532. The molecule has 0 bridgehead atoms. The predicted molar refractivity (Wildman–Crippen MR) is 74.7 cm³/mol. The average Bonchev–Trinajstić information content (AvgIpc) is 2.39. The predicted octanol–water partition coefficient (Wildman–Crippen LogP) is 1.15. The van der Waals surface area contributed by atoms with E-state index in [-0.39, 0.29) is 23.6 Å². The maximum absolute atomic E-state index is 11.5. The number of amides is 2. The number of carbonyl (C=O) groups is 2. The van der Waals surface area contributed by atoms with Gasteiger partial charge < -0.3 is 10.6 Å². The van der Waals surface area contributed by atoms with Gasteiger partial charge in [-0.3, -0.25) is 14.4 Å². The highest BCUT2D eigenvalue weighted by atomic mass is 35.5. The quantitative estimate of drug-likeness (QED) is 0.468. The lowest BCUT2D eigenvalue weighted by molar-refractivity contribution is -0.122. The molecule has 0 spiro atoms. The standard InChI is InChI=1S/C13H22ClN2O3/c1-10(2)11(9-17)16-12(18)6-4-3-5-7-15-13(19)8-14/h10-11H,3-8H2,1-2H3,(H,15,19)(H,16,18)/t11-/m1/s1. The summed E-state index contributed by atoms with van der Waals surface area (Å²) in [5, 5.41) is 5.29. The maximum atomic E-state index is 11.5. The summed E-state index contributed by atoms with van der Waals surface area (Å²) in [6.45, 7) is 4.29. The lowest BCUT2D eigenvalue weighted by Crippen LogP contribution is -2.39. The van der Waals surface area contributed by atoms with Gasteiger partial charge in [0.15, 0.2) is 0 Å². The van der Waals surface area contributed by atoms with Crippen LogP contribution in [0.1, 0.15) is 39.5 Å². The second-order valence-electron chi connectivity index (χ2n) is 4.70. The third-order valence-electron chi connectivity index (χ3n) is 2.63. The van der Waals surface area contributed by atoms with E-state index in [4.69, 9.17) is 11.6 Å². The Kier molecular flexibility index (Phi) is 10.2. The molecule has 0 heterocycles. The van der Waals surface area contributed by atoms with Gasteiger partial charge in [0.1, 0.15) is 5.88 Å². The van der Waals surface area contributed by atoms with Crippen LogP contribution in [0.25, 0.3) is 0 Å². The van der Waals surface area contributed by atoms with Crippen molar-refractivity contribution in [3.8, 4) is 0 Å². The summed E-state index contributed by atoms with van der Waals surface area (Å²) >= 11 is 5.32. The third-order valence-corrected chi connectivity index (χ3v) is 2.88. The van der Waals surface area contributed by atoms with E-state index >= 15 is 0 Å². The minimum Gasteiger partial charge on any atom is -0.355 e. The Balaban J connectivity index is 3.58. The van der Waals surface area contributed by atoms with E-state index in [0.29, 0.717) is 13.0 Å². The van der Waals surface area contributed by atoms with Crippen molar-refractivity contribution < 1.29 is 14.4 Å². The highest BCUT2D eigenvalue weighted by molar-refractivity contribution is 6.27. The Morgan fingerprint density at radius 1 is 1.16 bits per heavy atom. The third kappa shape index (κ3) is 9.47. The fraction of sp³-hybridized carbons (Fsp3) is 0.769. The van der Waals surface area contributed by atoms with Gasteiger partial charge in [-0.1, -0.05) is 20.3 Å². The molecule has 0 saturated carbocycles. The lowest BCUT2D eigenvalue weighted by atomic mass is 10.1. The molecule has 0 unspecified atom stereocenters. The van der Waals surface area contributed by atoms with Crippen LogP contribution in [0.3, 0.4) is 0 Å². The monoisotopic (exact) mass is 289 g/mol. The second kappa shape index (κ2) is 10.8. The number of halogens is 1. The summed E-state index contributed by atoms with van der Waals surface area (Å²) in [5.41, 5.74) is 0. The van der Waals surface area contributed by atoms with E-state index in [1.54, 1.807) is 0 Å². The summed E-state index contributed by atoms with van der Waals surface area (Å²) in [7, 11) is 0. The Morgan fingerprint density at radius 3 is 2.37 bits per heavy atom. The molecule has 0 aromatic rings. The van der Waals surface area contributed by atoms with Crippen molar-refractivity contribution in [2.75, 3.05) is 12.4 Å². The molecule has 5 nitrogen and oxygen atoms in total. The van der Waals surface area contributed by atoms with Gasteiger partial charge in [0, 0.05) is 13.0 Å². The van der Waals surface area contributed by atoms with Gasteiger partial charge in [0.25, 0.3) is 0 Å². The van der Waals surface area contributed by atoms with Gasteiger partial charge in [-0.05, 0) is 18.8 Å². The maximum Gasteiger partial charge on any atom is 0.234 e. The van der Waals surface area contributed by atoms with E-state index in [9.17, 15) is 14.4 Å². The number of hydrogen-bond acceptors (Lipinski definition) is 3. The smallest absolute Gasteiger partial charge is 0.234 e. The molecule has 6 heteroatoms. The first kappa shape index (κ1) is 17.9. The van der Waals surface area contributed by atoms with Gasteiger partial charge in [-0.2, -0.15) is 0 Å². The first-order valence-electron chi connectivity index (χ1n) is 6.51. The van der Waals surface area contributed by atoms with Crippen molar-refractivity contribution in [2.45, 2.75) is 45.6 Å². The van der Waals surface area contributed by atoms with Crippen LogP contribution in [-0.2, 0) is 14.4 Å². The van der Waals surface area contributed by atoms with Crippen LogP contribution in [0.5, 0.6) is 0 Å². The average molecular weight is 290 g/mol. The Morgan fingerprint density at radius 2 is 1.84 bits per heavy atom. The van der Waals surface area contributed by atoms with Crippen molar-refractivity contribution in [3.05, 3.63) is 0 Å². The van der Waals surface area contributed by atoms with Gasteiger partial charge >= 0.3 is 0 Å². The van der Waals surface area contributed by atoms with Gasteiger partial charge in [-0.25, -0.2) is 0 Å². The molecule has 1 radical (unpaired) electrons. The van der Waals surface area contributed by atoms with E-state index in [1.165, 1.54) is 0 Å². The topological polar surface area (TPSA) is 75.3 Å². The minimum absolute atomic E-state index is 0.0266. The number of carbonyl (C=O) groups excluding carboxylic acids is 3. The molecule has 0 aromatic carbocycles. The highest BCUT2D eigenvalue weighted by Crippen LogP contribution is 2.02. The normalized spacial score (nSPS) is 12.0. The second-order valence-corrected chi connectivity index (χ2v) is 4.97. The van der Waals surface area contributed by atoms with Crippen LogP contribution in [-0.4, -0.2) is 36.6 Å². The molecular weight excluding hydrogens is 268 g/mol. The van der Waals surface area contributed by atoms with Crippen LogP contribution in [0.15, 0.2) is 0 Å². The number of hydrogen-bond donors (Lipinski definition) is 2. The fourth-order valence-electron chi connectivity index (χ4n) is 1.44. The molecule has 0 aliphatic rings. The van der Waals surface area contributed by atoms with E-state index in [1.807, 2.05) is 20.1 Å². The molecule has 2 amide bonds. The van der Waals surface area contributed by atoms with Crippen molar-refractivity contribution >= 4 is 29.7 Å². The molecule has 0 aliphatic carbocycles. The van der Waals surface area contributed by atoms with Crippen LogP contribution < -0.4 is 10.6 Å². The Hall–Kier alpha value is -1.10. The first-order valence-corrected chi connectivity index (χ1v) is 7.04. The zero-order chi connectivity index (χ0) is 14.7. The molecular formula is C13H22ClN2O3. The molecule has 109 valence electrons. The number of alkyl halides is 1. The summed E-state index contributed by atoms with van der Waals surface area (Å²) in [6.07, 6.45) is 4.58. The molecule has 0 saturated heterocycles. The van der Waals surface area contributed by atoms with E-state index in [2.05, 4.69) is 10.6 Å². The van der Waals surface area contributed by atoms with Crippen LogP contribution in [0.4, 0.5) is 0 Å². The van der Waals surface area contributed by atoms with Gasteiger partial charge in [-0.15, -0.1) is 11.6 Å². The van der Waals surface area contributed by atoms with Crippen molar-refractivity contribution in [1.82, 2.24) is 10.6 Å². The van der Waals surface area contributed by atoms with Crippen LogP contribution in [0, 0.1) is 5.92 Å². The Labute approximate surface area is 119 Å². The zero-order valence-corrected chi connectivity index (χ0v) is 12.3. The fourth-order valence-corrected chi connectivity index (χ4v) is 1.53. The molecule has 0 rings (SSSR count). The van der Waals surface area contributed by atoms with Crippen molar-refractivity contribution in [2.24, 2.45) is 5.92 Å². The largest absolute Gasteiger partial charge is 0.355 e. The van der Waals surface area contributed by atoms with Crippen LogP contribution >= 0.6 is 11.6 Å². The SMILES string of the molecule is CC(C)[C@@H]([C]=O)NC(=O)CCCCCNC(=O)CCl. The zero-order valence-electron chi connectivity index (χ0n) is 11.5.